The monoisotopic (exact) mass is 453 g/mol. The van der Waals surface area contributed by atoms with Gasteiger partial charge in [-0.1, -0.05) is 46.9 Å². The van der Waals surface area contributed by atoms with Gasteiger partial charge in [0.15, 0.2) is 11.0 Å². The van der Waals surface area contributed by atoms with E-state index in [1.54, 1.807) is 30.3 Å². The zero-order chi connectivity index (χ0) is 20.3. The molecule has 0 saturated carbocycles. The van der Waals surface area contributed by atoms with Crippen molar-refractivity contribution in [2.24, 2.45) is 0 Å². The zero-order valence-corrected chi connectivity index (χ0v) is 17.6. The summed E-state index contributed by atoms with van der Waals surface area (Å²) in [7, 11) is 0. The van der Waals surface area contributed by atoms with E-state index in [0.717, 1.165) is 17.3 Å². The van der Waals surface area contributed by atoms with Gasteiger partial charge in [-0.05, 0) is 60.7 Å². The smallest absolute Gasteiger partial charge is 0.342 e. The molecule has 0 fully saturated rings. The molecule has 2 aromatic carbocycles. The summed E-state index contributed by atoms with van der Waals surface area (Å²) in [5.41, 5.74) is 1.35. The van der Waals surface area contributed by atoms with E-state index < -0.39 is 5.97 Å². The van der Waals surface area contributed by atoms with Crippen LogP contribution in [0.5, 0.6) is 0 Å². The lowest BCUT2D eigenvalue weighted by molar-refractivity contribution is -0.131. The molecule has 0 aliphatic heterocycles. The lowest BCUT2D eigenvalue weighted by Gasteiger charge is -2.08. The van der Waals surface area contributed by atoms with Crippen molar-refractivity contribution < 1.29 is 9.90 Å². The van der Waals surface area contributed by atoms with Gasteiger partial charge in [0.25, 0.3) is 0 Å². The Balaban J connectivity index is 1.98. The fraction of sp³-hybridized carbons (Fsp3) is 0.105. The highest BCUT2D eigenvalue weighted by molar-refractivity contribution is 8.04. The molecule has 0 saturated heterocycles. The van der Waals surface area contributed by atoms with Gasteiger partial charge in [0.1, 0.15) is 4.91 Å². The highest BCUT2D eigenvalue weighted by Crippen LogP contribution is 2.33. The summed E-state index contributed by atoms with van der Waals surface area (Å²) in [6.45, 7) is 2.50. The van der Waals surface area contributed by atoms with Crippen molar-refractivity contribution in [1.82, 2.24) is 14.8 Å². The molecule has 0 aliphatic rings. The minimum absolute atomic E-state index is 0.0499. The summed E-state index contributed by atoms with van der Waals surface area (Å²) in [6, 6.07) is 12.3. The Hall–Kier alpha value is -1.99. The third-order valence-electron chi connectivity index (χ3n) is 3.82. The lowest BCUT2D eigenvalue weighted by atomic mass is 10.2. The maximum atomic E-state index is 11.8. The number of nitrogens with zero attached hydrogens (tertiary/aromatic N) is 3. The van der Waals surface area contributed by atoms with E-state index in [-0.39, 0.29) is 4.91 Å². The Kier molecular flexibility index (Phi) is 6.67. The number of carboxylic acids is 1. The molecule has 0 bridgehead atoms. The first-order valence-corrected chi connectivity index (χ1v) is 10.1. The molecule has 0 atom stereocenters. The van der Waals surface area contributed by atoms with Crippen molar-refractivity contribution in [2.75, 3.05) is 0 Å². The average molecular weight is 455 g/mol. The summed E-state index contributed by atoms with van der Waals surface area (Å²) < 4.78 is 1.84. The Morgan fingerprint density at radius 3 is 2.50 bits per heavy atom. The number of carboxylic acid groups (broad SMARTS) is 1. The molecule has 28 heavy (non-hydrogen) atoms. The first-order chi connectivity index (χ1) is 13.4. The van der Waals surface area contributed by atoms with Crippen molar-refractivity contribution in [3.8, 4) is 11.4 Å². The van der Waals surface area contributed by atoms with Crippen LogP contribution in [-0.2, 0) is 11.3 Å². The van der Waals surface area contributed by atoms with Gasteiger partial charge in [-0.3, -0.25) is 0 Å². The van der Waals surface area contributed by atoms with Crippen LogP contribution in [0.1, 0.15) is 12.5 Å². The summed E-state index contributed by atoms with van der Waals surface area (Å²) >= 11 is 19.1. The topological polar surface area (TPSA) is 68.0 Å². The highest BCUT2D eigenvalue weighted by atomic mass is 35.5. The maximum Gasteiger partial charge on any atom is 0.342 e. The van der Waals surface area contributed by atoms with Crippen molar-refractivity contribution in [1.29, 1.82) is 0 Å². The SMILES string of the molecule is CCn1c(S/C(=C\c2cccc(Cl)c2Cl)C(=O)O)nnc1-c1ccc(Cl)cc1. The average Bonchev–Trinajstić information content (AvgIpc) is 3.07. The number of thioether (sulfide) groups is 1. The Bertz CT molecular complexity index is 1050. The molecule has 0 amide bonds. The van der Waals surface area contributed by atoms with Gasteiger partial charge in [-0.25, -0.2) is 4.79 Å². The van der Waals surface area contributed by atoms with E-state index in [1.807, 2.05) is 23.6 Å². The number of benzene rings is 2. The third-order valence-corrected chi connectivity index (χ3v) is 5.90. The van der Waals surface area contributed by atoms with Crippen LogP contribution in [-0.4, -0.2) is 25.8 Å². The minimum atomic E-state index is -1.10. The second-order valence-corrected chi connectivity index (χ2v) is 7.85. The van der Waals surface area contributed by atoms with Gasteiger partial charge in [0, 0.05) is 17.1 Å². The molecule has 1 N–H and O–H groups in total. The van der Waals surface area contributed by atoms with Crippen molar-refractivity contribution >= 4 is 58.6 Å². The summed E-state index contributed by atoms with van der Waals surface area (Å²) in [6.07, 6.45) is 1.47. The molecule has 0 aliphatic carbocycles. The van der Waals surface area contributed by atoms with Gasteiger partial charge in [0.2, 0.25) is 0 Å². The van der Waals surface area contributed by atoms with Crippen molar-refractivity contribution in [3.05, 3.63) is 68.0 Å². The van der Waals surface area contributed by atoms with E-state index in [2.05, 4.69) is 10.2 Å². The fourth-order valence-electron chi connectivity index (χ4n) is 2.47. The van der Waals surface area contributed by atoms with E-state index in [0.29, 0.717) is 38.2 Å². The van der Waals surface area contributed by atoms with Crippen LogP contribution in [0, 0.1) is 0 Å². The molecule has 5 nitrogen and oxygen atoms in total. The molecule has 3 aromatic rings. The van der Waals surface area contributed by atoms with Gasteiger partial charge in [-0.15, -0.1) is 10.2 Å². The van der Waals surface area contributed by atoms with Crippen molar-refractivity contribution in [2.45, 2.75) is 18.6 Å². The maximum absolute atomic E-state index is 11.8. The second kappa shape index (κ2) is 9.01. The molecule has 9 heteroatoms. The molecular weight excluding hydrogens is 441 g/mol. The third kappa shape index (κ3) is 4.52. The Morgan fingerprint density at radius 2 is 1.86 bits per heavy atom. The largest absolute Gasteiger partial charge is 0.477 e. The lowest BCUT2D eigenvalue weighted by Crippen LogP contribution is -2.02. The number of aliphatic carboxylic acids is 1. The quantitative estimate of drug-likeness (QED) is 0.358. The normalized spacial score (nSPS) is 11.6. The van der Waals surface area contributed by atoms with Gasteiger partial charge in [0.05, 0.1) is 10.0 Å². The number of carbonyl (C=O) groups is 1. The van der Waals surface area contributed by atoms with Gasteiger partial charge >= 0.3 is 5.97 Å². The van der Waals surface area contributed by atoms with Gasteiger partial charge in [-0.2, -0.15) is 0 Å². The number of aromatic nitrogens is 3. The number of hydrogen-bond acceptors (Lipinski definition) is 4. The van der Waals surface area contributed by atoms with Crippen LogP contribution < -0.4 is 0 Å². The molecule has 3 rings (SSSR count). The number of hydrogen-bond donors (Lipinski definition) is 1. The van der Waals surface area contributed by atoms with Crippen molar-refractivity contribution in [3.63, 3.8) is 0 Å². The molecule has 1 aromatic heterocycles. The first kappa shape index (κ1) is 20.7. The summed E-state index contributed by atoms with van der Waals surface area (Å²) in [5, 5.41) is 19.8. The fourth-order valence-corrected chi connectivity index (χ4v) is 3.83. The molecule has 144 valence electrons. The van der Waals surface area contributed by atoms with Crippen LogP contribution in [0.15, 0.2) is 52.5 Å². The molecule has 1 heterocycles. The van der Waals surface area contributed by atoms with E-state index in [1.165, 1.54) is 6.08 Å². The Morgan fingerprint density at radius 1 is 1.14 bits per heavy atom. The van der Waals surface area contributed by atoms with E-state index in [4.69, 9.17) is 34.8 Å². The van der Waals surface area contributed by atoms with E-state index in [9.17, 15) is 9.90 Å². The molecule has 0 radical (unpaired) electrons. The number of halogens is 3. The first-order valence-electron chi connectivity index (χ1n) is 8.16. The zero-order valence-electron chi connectivity index (χ0n) is 14.6. The predicted molar refractivity (Wildman–Crippen MR) is 114 cm³/mol. The van der Waals surface area contributed by atoms with Gasteiger partial charge < -0.3 is 9.67 Å². The summed E-state index contributed by atoms with van der Waals surface area (Å²) in [4.78, 5) is 11.8. The van der Waals surface area contributed by atoms with E-state index >= 15 is 0 Å². The minimum Gasteiger partial charge on any atom is -0.477 e. The standard InChI is InChI=1S/C19H14Cl3N3O2S/c1-2-25-17(11-6-8-13(20)9-7-11)23-24-19(25)28-15(18(26)27)10-12-4-3-5-14(21)16(12)22/h3-10H,2H2,1H3,(H,26,27)/b15-10-. The highest BCUT2D eigenvalue weighted by Gasteiger charge is 2.19. The molecular formula is C19H14Cl3N3O2S. The van der Waals surface area contributed by atoms with Crippen LogP contribution >= 0.6 is 46.6 Å². The second-order valence-electron chi connectivity index (χ2n) is 5.62. The molecule has 0 spiro atoms. The molecule has 0 unspecified atom stereocenters. The Labute approximate surface area is 180 Å². The van der Waals surface area contributed by atoms with Crippen LogP contribution in [0.25, 0.3) is 17.5 Å². The van der Waals surface area contributed by atoms with Crippen LogP contribution in [0.4, 0.5) is 0 Å². The van der Waals surface area contributed by atoms with Crippen LogP contribution in [0.2, 0.25) is 15.1 Å². The summed E-state index contributed by atoms with van der Waals surface area (Å²) in [5.74, 6) is -0.466. The number of rotatable bonds is 6. The predicted octanol–water partition coefficient (Wildman–Crippen LogP) is 6.14. The van der Waals surface area contributed by atoms with Crippen LogP contribution in [0.3, 0.4) is 0 Å².